The molecule has 20 heavy (non-hydrogen) atoms. The van der Waals surface area contributed by atoms with Gasteiger partial charge in [-0.15, -0.1) is 11.6 Å². The van der Waals surface area contributed by atoms with Gasteiger partial charge in [0.1, 0.15) is 5.82 Å². The van der Waals surface area contributed by atoms with Crippen LogP contribution in [0.15, 0.2) is 22.7 Å². The molecule has 0 bridgehead atoms. The van der Waals surface area contributed by atoms with E-state index >= 15 is 0 Å². The molecule has 2 unspecified atom stereocenters. The SMILES string of the molecule is CC(Cl)c1nc2cc(Br)ccc2n1C1CCCN(C)C1. The molecule has 0 aliphatic carbocycles. The van der Waals surface area contributed by atoms with Crippen LogP contribution in [0.5, 0.6) is 0 Å². The van der Waals surface area contributed by atoms with Crippen molar-refractivity contribution in [3.63, 3.8) is 0 Å². The zero-order valence-corrected chi connectivity index (χ0v) is 14.2. The van der Waals surface area contributed by atoms with E-state index in [-0.39, 0.29) is 5.38 Å². The van der Waals surface area contributed by atoms with Crippen LogP contribution in [0.4, 0.5) is 0 Å². The lowest BCUT2D eigenvalue weighted by molar-refractivity contribution is 0.212. The van der Waals surface area contributed by atoms with Crippen molar-refractivity contribution >= 4 is 38.6 Å². The van der Waals surface area contributed by atoms with E-state index in [1.807, 2.05) is 6.92 Å². The predicted molar refractivity (Wildman–Crippen MR) is 87.5 cm³/mol. The Balaban J connectivity index is 2.13. The van der Waals surface area contributed by atoms with Crippen LogP contribution in [0.2, 0.25) is 0 Å². The third kappa shape index (κ3) is 2.61. The number of nitrogens with zero attached hydrogens (tertiary/aromatic N) is 3. The fraction of sp³-hybridized carbons (Fsp3) is 0.533. The number of alkyl halides is 1. The Morgan fingerprint density at radius 2 is 2.25 bits per heavy atom. The van der Waals surface area contributed by atoms with E-state index in [2.05, 4.69) is 50.6 Å². The van der Waals surface area contributed by atoms with Crippen molar-refractivity contribution in [1.29, 1.82) is 0 Å². The van der Waals surface area contributed by atoms with Crippen LogP contribution in [-0.2, 0) is 0 Å². The van der Waals surface area contributed by atoms with Gasteiger partial charge in [0, 0.05) is 17.1 Å². The number of piperidine rings is 1. The third-order valence-electron chi connectivity index (χ3n) is 4.00. The van der Waals surface area contributed by atoms with Gasteiger partial charge >= 0.3 is 0 Å². The second-order valence-electron chi connectivity index (χ2n) is 5.65. The van der Waals surface area contributed by atoms with Gasteiger partial charge in [0.2, 0.25) is 0 Å². The third-order valence-corrected chi connectivity index (χ3v) is 4.69. The highest BCUT2D eigenvalue weighted by atomic mass is 79.9. The summed E-state index contributed by atoms with van der Waals surface area (Å²) in [5.41, 5.74) is 2.21. The van der Waals surface area contributed by atoms with Gasteiger partial charge in [0.15, 0.2) is 0 Å². The molecule has 3 nitrogen and oxygen atoms in total. The van der Waals surface area contributed by atoms with Crippen molar-refractivity contribution < 1.29 is 0 Å². The number of aromatic nitrogens is 2. The van der Waals surface area contributed by atoms with Gasteiger partial charge in [0.25, 0.3) is 0 Å². The van der Waals surface area contributed by atoms with Crippen molar-refractivity contribution in [3.05, 3.63) is 28.5 Å². The van der Waals surface area contributed by atoms with Gasteiger partial charge in [-0.3, -0.25) is 0 Å². The average molecular weight is 357 g/mol. The minimum atomic E-state index is -0.0755. The number of likely N-dealkylation sites (tertiary alicyclic amines) is 1. The van der Waals surface area contributed by atoms with E-state index in [0.717, 1.165) is 22.4 Å². The molecular weight excluding hydrogens is 338 g/mol. The molecule has 0 spiro atoms. The largest absolute Gasteiger partial charge is 0.322 e. The summed E-state index contributed by atoms with van der Waals surface area (Å²) in [6.07, 6.45) is 2.43. The maximum atomic E-state index is 6.37. The number of hydrogen-bond donors (Lipinski definition) is 0. The second kappa shape index (κ2) is 5.66. The second-order valence-corrected chi connectivity index (χ2v) is 7.22. The Hall–Kier alpha value is -0.580. The van der Waals surface area contributed by atoms with Crippen LogP contribution in [0.25, 0.3) is 11.0 Å². The fourth-order valence-corrected chi connectivity index (χ4v) is 3.61. The highest BCUT2D eigenvalue weighted by Gasteiger charge is 2.25. The molecule has 2 heterocycles. The number of imidazole rings is 1. The molecule has 3 rings (SSSR count). The Morgan fingerprint density at radius 1 is 1.45 bits per heavy atom. The number of rotatable bonds is 2. The molecule has 5 heteroatoms. The summed E-state index contributed by atoms with van der Waals surface area (Å²) in [6.45, 7) is 4.25. The molecule has 1 saturated heterocycles. The zero-order valence-electron chi connectivity index (χ0n) is 11.8. The zero-order chi connectivity index (χ0) is 14.3. The van der Waals surface area contributed by atoms with Crippen molar-refractivity contribution in [2.75, 3.05) is 20.1 Å². The molecule has 0 amide bonds. The van der Waals surface area contributed by atoms with Crippen molar-refractivity contribution in [1.82, 2.24) is 14.5 Å². The van der Waals surface area contributed by atoms with Gasteiger partial charge in [0.05, 0.1) is 16.4 Å². The molecule has 2 aromatic rings. The summed E-state index contributed by atoms with van der Waals surface area (Å²) in [4.78, 5) is 7.15. The quantitative estimate of drug-likeness (QED) is 0.745. The number of halogens is 2. The van der Waals surface area contributed by atoms with Crippen LogP contribution in [0.1, 0.15) is 37.0 Å². The van der Waals surface area contributed by atoms with Crippen molar-refractivity contribution in [3.8, 4) is 0 Å². The Kier molecular flexibility index (Phi) is 4.07. The maximum Gasteiger partial charge on any atom is 0.128 e. The van der Waals surface area contributed by atoms with E-state index in [4.69, 9.17) is 16.6 Å². The predicted octanol–water partition coefficient (Wildman–Crippen LogP) is 4.37. The molecule has 1 aliphatic rings. The van der Waals surface area contributed by atoms with E-state index in [1.165, 1.54) is 24.9 Å². The van der Waals surface area contributed by atoms with Crippen LogP contribution in [-0.4, -0.2) is 34.6 Å². The number of likely N-dealkylation sites (N-methyl/N-ethyl adjacent to an activating group) is 1. The molecule has 1 aromatic carbocycles. The van der Waals surface area contributed by atoms with Gasteiger partial charge in [-0.2, -0.15) is 0 Å². The Morgan fingerprint density at radius 3 is 2.95 bits per heavy atom. The maximum absolute atomic E-state index is 6.37. The summed E-state index contributed by atoms with van der Waals surface area (Å²) in [5.74, 6) is 0.986. The standard InChI is InChI=1S/C15H19BrClN3/c1-10(17)15-18-13-8-11(16)5-6-14(13)20(15)12-4-3-7-19(2)9-12/h5-6,8,10,12H,3-4,7,9H2,1-2H3. The van der Waals surface area contributed by atoms with Crippen LogP contribution >= 0.6 is 27.5 Å². The molecule has 1 aromatic heterocycles. The van der Waals surface area contributed by atoms with E-state index in [9.17, 15) is 0 Å². The Bertz CT molecular complexity index is 623. The lowest BCUT2D eigenvalue weighted by Crippen LogP contribution is -2.34. The summed E-state index contributed by atoms with van der Waals surface area (Å²) in [6, 6.07) is 6.76. The van der Waals surface area contributed by atoms with Crippen molar-refractivity contribution in [2.24, 2.45) is 0 Å². The van der Waals surface area contributed by atoms with Crippen LogP contribution in [0.3, 0.4) is 0 Å². The van der Waals surface area contributed by atoms with E-state index in [1.54, 1.807) is 0 Å². The number of benzene rings is 1. The number of hydrogen-bond acceptors (Lipinski definition) is 2. The minimum absolute atomic E-state index is 0.0755. The van der Waals surface area contributed by atoms with E-state index < -0.39 is 0 Å². The fourth-order valence-electron chi connectivity index (χ4n) is 3.10. The number of fused-ring (bicyclic) bond motifs is 1. The van der Waals surface area contributed by atoms with Crippen LogP contribution < -0.4 is 0 Å². The van der Waals surface area contributed by atoms with Gasteiger partial charge in [-0.05, 0) is 51.6 Å². The lowest BCUT2D eigenvalue weighted by atomic mass is 10.1. The topological polar surface area (TPSA) is 21.1 Å². The molecule has 1 fully saturated rings. The summed E-state index contributed by atoms with van der Waals surface area (Å²) in [5, 5.41) is -0.0755. The van der Waals surface area contributed by atoms with Crippen LogP contribution in [0, 0.1) is 0 Å². The molecule has 2 atom stereocenters. The molecular formula is C15H19BrClN3. The Labute approximate surface area is 133 Å². The first kappa shape index (κ1) is 14.4. The first-order valence-electron chi connectivity index (χ1n) is 7.06. The molecule has 0 radical (unpaired) electrons. The monoisotopic (exact) mass is 355 g/mol. The van der Waals surface area contributed by atoms with Gasteiger partial charge < -0.3 is 9.47 Å². The summed E-state index contributed by atoms with van der Waals surface area (Å²) < 4.78 is 3.42. The molecule has 0 saturated carbocycles. The first-order valence-corrected chi connectivity index (χ1v) is 8.29. The minimum Gasteiger partial charge on any atom is -0.322 e. The lowest BCUT2D eigenvalue weighted by Gasteiger charge is -2.32. The normalized spacial score (nSPS) is 22.3. The summed E-state index contributed by atoms with van der Waals surface area (Å²) in [7, 11) is 2.19. The van der Waals surface area contributed by atoms with Gasteiger partial charge in [-0.1, -0.05) is 15.9 Å². The molecule has 0 N–H and O–H groups in total. The smallest absolute Gasteiger partial charge is 0.128 e. The van der Waals surface area contributed by atoms with E-state index in [0.29, 0.717) is 6.04 Å². The van der Waals surface area contributed by atoms with Gasteiger partial charge in [-0.25, -0.2) is 4.98 Å². The molecule has 1 aliphatic heterocycles. The highest BCUT2D eigenvalue weighted by Crippen LogP contribution is 2.32. The summed E-state index contributed by atoms with van der Waals surface area (Å²) >= 11 is 9.88. The average Bonchev–Trinajstić information content (AvgIpc) is 2.77. The first-order chi connectivity index (χ1) is 9.56. The van der Waals surface area contributed by atoms with Crippen molar-refractivity contribution in [2.45, 2.75) is 31.2 Å². The highest BCUT2D eigenvalue weighted by molar-refractivity contribution is 9.10. The molecule has 108 valence electrons.